The van der Waals surface area contributed by atoms with Crippen LogP contribution in [0.3, 0.4) is 0 Å². The van der Waals surface area contributed by atoms with Crippen LogP contribution in [-0.4, -0.2) is 105 Å². The number of halogens is 23. The third-order valence-corrected chi connectivity index (χ3v) is 25.1. The molecular formula is C98H65Br6F17N8O19S. The standard InChI is InChI=1S/C14H8BrF3N2O4.C14H9BrF3NO2.C14H8BrN3O4.C13H7BrF3NO2.C13H8BrF2NO2.C13H8BrFO2.C9H12.C8H5F5O3S/c15-11-3-2-8(21)6-9(11)13(22)19-7-1-4-12(20(23)24)10(5-7)14(16,17)18;15-11-6-5-8(20)7-9(11)13(21)19-12-4-2-1-3-10(12)14(16,17)18;15-11-6-5-8(19)7-10(11)14-17-16-13(22-14)9-3-1-2-4-12(9)18(20)21;14-9-2-1-7(19)5-8(9)13(20)18-12-10(16)3-6(15)4-11(12)17;14-10-3-2-8(18)6-9(10)13(19)17-7-1-4-11(15)12(16)5-7;14-12-6-5-10(16)7-11(12)13(17)8-1-3-9(15)4-2-8;1-7-4-5-8(2)9(3)6-7;9-7(10,11)8(12,13)17(15,16)6-3-1-5(14)2-4-6/h1-6,21H,(H,19,22);1-7,20H,(H,19,21);1-7,19H;1-5,19H,(H,18,20);1-6,18H,(H,17,19);1-7,16H;4-6H,1-3H3;1-4,14H. The van der Waals surface area contributed by atoms with Gasteiger partial charge in [-0.3, -0.25) is 44.2 Å². The number of hydrogen-bond donors (Lipinski definition) is 11. The Kier molecular flexibility index (Phi) is 41.5. The second kappa shape index (κ2) is 51.9. The van der Waals surface area contributed by atoms with E-state index in [2.05, 4.69) is 161 Å². The Balaban J connectivity index is 0.000000209. The van der Waals surface area contributed by atoms with Crippen LogP contribution in [0.15, 0.2) is 309 Å². The van der Waals surface area contributed by atoms with Gasteiger partial charge in [0.1, 0.15) is 68.7 Å². The van der Waals surface area contributed by atoms with E-state index in [0.717, 1.165) is 48.5 Å². The Labute approximate surface area is 879 Å². The number of nitrogens with zero attached hydrogens (tertiary/aromatic N) is 4. The van der Waals surface area contributed by atoms with Crippen LogP contribution in [0, 0.1) is 75.9 Å². The van der Waals surface area contributed by atoms with Gasteiger partial charge >= 0.3 is 23.8 Å². The number of aromatic nitrogens is 2. The molecule has 778 valence electrons. The van der Waals surface area contributed by atoms with Crippen molar-refractivity contribution in [3.63, 3.8) is 0 Å². The number of nitro benzene ring substituents is 2. The molecule has 0 bridgehead atoms. The first-order chi connectivity index (χ1) is 69.6. The number of carbonyl (C=O) groups is 5. The molecule has 0 fully saturated rings. The molecule has 1 aromatic heterocycles. The SMILES string of the molecule is Cc1ccc(C)c(C)c1.O=C(Nc1c(F)cc(F)cc1F)c1cc(O)ccc1Br.O=C(Nc1ccc(F)c(F)c1)c1cc(O)ccc1Br.O=C(Nc1ccc([N+](=O)[O-])c(C(F)(F)F)c1)c1cc(O)ccc1Br.O=C(Nc1ccccc1C(F)(F)F)c1cc(O)ccc1Br.O=C(c1ccc(F)cc1)c1cc(O)ccc1Br.O=S(=O)(c1ccc(O)cc1)C(F)(F)C(F)(F)F.O=[N+]([O-])c1ccccc1-c1nnc(-c2cc(O)ccc2Br)o1. The molecule has 15 aromatic rings. The van der Waals surface area contributed by atoms with Crippen molar-refractivity contribution in [3.05, 3.63) is 416 Å². The summed E-state index contributed by atoms with van der Waals surface area (Å²) in [6, 6.07) is 55.8. The number of anilines is 4. The van der Waals surface area contributed by atoms with Crippen LogP contribution < -0.4 is 21.3 Å². The Morgan fingerprint density at radius 3 is 1.19 bits per heavy atom. The first-order valence-electron chi connectivity index (χ1n) is 40.8. The minimum Gasteiger partial charge on any atom is -0.508 e. The number of nitrogens with one attached hydrogen (secondary N) is 4. The molecule has 0 aliphatic rings. The van der Waals surface area contributed by atoms with Crippen molar-refractivity contribution in [2.75, 3.05) is 21.3 Å². The van der Waals surface area contributed by atoms with E-state index < -0.39 is 135 Å². The molecule has 15 rings (SSSR count). The lowest BCUT2D eigenvalue weighted by Crippen LogP contribution is -2.43. The molecular weight excluding hydrogens is 2430 g/mol. The number of para-hydroxylation sites is 2. The summed E-state index contributed by atoms with van der Waals surface area (Å²) >= 11 is 19.0. The number of sulfone groups is 1. The van der Waals surface area contributed by atoms with E-state index in [1.165, 1.54) is 150 Å². The summed E-state index contributed by atoms with van der Waals surface area (Å²) < 4.78 is 247. The molecule has 1 heterocycles. The van der Waals surface area contributed by atoms with Crippen LogP contribution in [0.4, 0.5) is 109 Å². The predicted molar refractivity (Wildman–Crippen MR) is 531 cm³/mol. The number of phenolic OH excluding ortho intramolecular Hbond substituents is 7. The number of nitro groups is 2. The third kappa shape index (κ3) is 33.4. The quantitative estimate of drug-likeness (QED) is 0.0185. The highest BCUT2D eigenvalue weighted by Gasteiger charge is 2.67. The molecule has 14 aromatic carbocycles. The summed E-state index contributed by atoms with van der Waals surface area (Å²) in [5.41, 5.74) is 0.862. The zero-order chi connectivity index (χ0) is 111. The highest BCUT2D eigenvalue weighted by Crippen LogP contribution is 2.45. The highest BCUT2D eigenvalue weighted by molar-refractivity contribution is 9.11. The van der Waals surface area contributed by atoms with E-state index in [4.69, 9.17) is 9.52 Å². The van der Waals surface area contributed by atoms with E-state index in [9.17, 15) is 158 Å². The van der Waals surface area contributed by atoms with Crippen molar-refractivity contribution < 1.29 is 157 Å². The number of benzene rings is 14. The van der Waals surface area contributed by atoms with E-state index in [-0.39, 0.29) is 103 Å². The Morgan fingerprint density at radius 2 is 0.752 bits per heavy atom. The molecule has 27 nitrogen and oxygen atoms in total. The fourth-order valence-corrected chi connectivity index (χ4v) is 15.4. The number of alkyl halides is 11. The van der Waals surface area contributed by atoms with Gasteiger partial charge in [0.05, 0.1) is 53.8 Å². The predicted octanol–water partition coefficient (Wildman–Crippen LogP) is 28.5. The Hall–Kier alpha value is -15.2. The summed E-state index contributed by atoms with van der Waals surface area (Å²) in [6.45, 7) is 6.39. The molecule has 0 spiro atoms. The summed E-state index contributed by atoms with van der Waals surface area (Å²) in [6.07, 6.45) is -15.7. The minimum absolute atomic E-state index is 0.0121. The van der Waals surface area contributed by atoms with Crippen molar-refractivity contribution in [1.29, 1.82) is 0 Å². The van der Waals surface area contributed by atoms with Crippen LogP contribution in [0.25, 0.3) is 22.9 Å². The second-order valence-electron chi connectivity index (χ2n) is 29.8. The second-order valence-corrected chi connectivity index (χ2v) is 36.9. The van der Waals surface area contributed by atoms with Gasteiger partial charge in [0, 0.05) is 79.7 Å². The first-order valence-corrected chi connectivity index (χ1v) is 47.0. The van der Waals surface area contributed by atoms with Gasteiger partial charge in [-0.15, -0.1) is 10.2 Å². The number of hydrogen-bond acceptors (Lipinski definition) is 21. The number of aryl methyl sites for hydroxylation is 3. The van der Waals surface area contributed by atoms with Crippen molar-refractivity contribution in [3.8, 4) is 63.2 Å². The maximum atomic E-state index is 13.4. The van der Waals surface area contributed by atoms with Gasteiger partial charge in [0.2, 0.25) is 5.89 Å². The molecule has 0 aliphatic heterocycles. The number of amides is 4. The topological polar surface area (TPSA) is 434 Å². The Bertz CT molecular complexity index is 7600. The summed E-state index contributed by atoms with van der Waals surface area (Å²) in [4.78, 5) is 78.9. The zero-order valence-electron chi connectivity index (χ0n) is 74.9. The average molecular weight is 2490 g/mol. The van der Waals surface area contributed by atoms with Gasteiger partial charge in [-0.25, -0.2) is 34.8 Å². The normalized spacial score (nSPS) is 11.0. The molecule has 0 aliphatic carbocycles. The Morgan fingerprint density at radius 1 is 0.356 bits per heavy atom. The van der Waals surface area contributed by atoms with Crippen LogP contribution in [0.1, 0.15) is 85.2 Å². The van der Waals surface area contributed by atoms with Crippen LogP contribution >= 0.6 is 95.6 Å². The van der Waals surface area contributed by atoms with Gasteiger partial charge in [-0.2, -0.15) is 48.3 Å². The molecule has 51 heteroatoms. The van der Waals surface area contributed by atoms with Crippen molar-refractivity contribution >= 4 is 169 Å². The molecule has 0 atom stereocenters. The number of ketones is 1. The van der Waals surface area contributed by atoms with Crippen LogP contribution in [0.2, 0.25) is 0 Å². The summed E-state index contributed by atoms with van der Waals surface area (Å²) in [7, 11) is -5.88. The van der Waals surface area contributed by atoms with Gasteiger partial charge in [-0.05, 0) is 312 Å². The molecule has 0 unspecified atom stereocenters. The summed E-state index contributed by atoms with van der Waals surface area (Å²) in [5.74, 6) is -10.0. The highest BCUT2D eigenvalue weighted by atomic mass is 79.9. The maximum Gasteiger partial charge on any atom is 0.469 e. The minimum atomic E-state index is -6.20. The largest absolute Gasteiger partial charge is 0.508 e. The van der Waals surface area contributed by atoms with E-state index >= 15 is 0 Å². The molecule has 149 heavy (non-hydrogen) atoms. The molecule has 11 N–H and O–H groups in total. The van der Waals surface area contributed by atoms with Crippen molar-refractivity contribution in [2.24, 2.45) is 0 Å². The molecule has 0 saturated carbocycles. The number of carbonyl (C=O) groups excluding carboxylic acids is 5. The van der Waals surface area contributed by atoms with E-state index in [1.54, 1.807) is 24.3 Å². The van der Waals surface area contributed by atoms with Gasteiger partial charge in [0.25, 0.3) is 50.7 Å². The van der Waals surface area contributed by atoms with Gasteiger partial charge < -0.3 is 61.4 Å². The van der Waals surface area contributed by atoms with Crippen LogP contribution in [-0.2, 0) is 22.2 Å². The number of aromatic hydroxyl groups is 7. The molecule has 0 saturated heterocycles. The number of phenols is 7. The number of rotatable bonds is 16. The van der Waals surface area contributed by atoms with E-state index in [1.807, 2.05) is 5.32 Å². The monoisotopic (exact) mass is 2490 g/mol. The van der Waals surface area contributed by atoms with Crippen LogP contribution in [0.5, 0.6) is 40.2 Å². The summed E-state index contributed by atoms with van der Waals surface area (Å²) in [5, 5.41) is 97.4. The fraction of sp³-hybridized carbons (Fsp3) is 0.0714. The van der Waals surface area contributed by atoms with Crippen molar-refractivity contribution in [2.45, 2.75) is 49.5 Å². The first kappa shape index (κ1) is 119. The molecule has 4 amide bonds. The average Bonchev–Trinajstić information content (AvgIpc) is 0.977. The van der Waals surface area contributed by atoms with Gasteiger partial charge in [-0.1, -0.05) is 64.0 Å². The smallest absolute Gasteiger partial charge is 0.469 e. The van der Waals surface area contributed by atoms with Crippen molar-refractivity contribution in [1.82, 2.24) is 10.2 Å². The van der Waals surface area contributed by atoms with Gasteiger partial charge in [0.15, 0.2) is 29.1 Å². The lowest BCUT2D eigenvalue weighted by Gasteiger charge is -2.19. The maximum absolute atomic E-state index is 13.4. The molecule has 0 radical (unpaired) electrons. The van der Waals surface area contributed by atoms with E-state index in [0.29, 0.717) is 92.1 Å². The zero-order valence-corrected chi connectivity index (χ0v) is 85.2. The lowest BCUT2D eigenvalue weighted by molar-refractivity contribution is -0.388. The lowest BCUT2D eigenvalue weighted by atomic mass is 10.0. The third-order valence-electron chi connectivity index (χ3n) is 19.2. The fourth-order valence-electron chi connectivity index (χ4n) is 11.8.